The van der Waals surface area contributed by atoms with Crippen molar-refractivity contribution in [3.63, 3.8) is 0 Å². The Labute approximate surface area is 119 Å². The predicted molar refractivity (Wildman–Crippen MR) is 79.9 cm³/mol. The number of fused-ring (bicyclic) bond motifs is 1. The van der Waals surface area contributed by atoms with Gasteiger partial charge in [-0.05, 0) is 42.6 Å². The molecule has 0 N–H and O–H groups in total. The van der Waals surface area contributed by atoms with E-state index in [0.29, 0.717) is 12.1 Å². The Kier molecular flexibility index (Phi) is 3.15. The lowest BCUT2D eigenvalue weighted by Crippen LogP contribution is -2.03. The summed E-state index contributed by atoms with van der Waals surface area (Å²) in [4.78, 5) is 0. The smallest absolute Gasteiger partial charge is 0.128 e. The van der Waals surface area contributed by atoms with Crippen LogP contribution in [0, 0.1) is 12.7 Å². The molecule has 0 aliphatic rings. The lowest BCUT2D eigenvalue weighted by atomic mass is 10.2. The second-order valence-corrected chi connectivity index (χ2v) is 5.58. The van der Waals surface area contributed by atoms with E-state index in [0.717, 1.165) is 15.7 Å². The van der Waals surface area contributed by atoms with Crippen LogP contribution in [-0.4, -0.2) is 4.57 Å². The molecule has 0 aliphatic heterocycles. The Hall–Kier alpha value is -1.61. The van der Waals surface area contributed by atoms with E-state index in [2.05, 4.69) is 45.6 Å². The summed E-state index contributed by atoms with van der Waals surface area (Å²) in [6.45, 7) is 2.60. The molecular weight excluding hydrogens is 305 g/mol. The van der Waals surface area contributed by atoms with Gasteiger partial charge < -0.3 is 4.57 Å². The van der Waals surface area contributed by atoms with Gasteiger partial charge in [-0.3, -0.25) is 0 Å². The zero-order valence-corrected chi connectivity index (χ0v) is 12.1. The molecule has 3 aromatic rings. The monoisotopic (exact) mass is 317 g/mol. The minimum atomic E-state index is -0.166. The molecule has 2 aromatic carbocycles. The summed E-state index contributed by atoms with van der Waals surface area (Å²) >= 11 is 3.39. The highest BCUT2D eigenvalue weighted by atomic mass is 79.9. The lowest BCUT2D eigenvalue weighted by molar-refractivity contribution is 0.600. The molecule has 1 nitrogen and oxygen atoms in total. The number of hydrogen-bond acceptors (Lipinski definition) is 0. The first kappa shape index (κ1) is 12.4. The van der Waals surface area contributed by atoms with Gasteiger partial charge in [-0.25, -0.2) is 4.39 Å². The number of rotatable bonds is 2. The summed E-state index contributed by atoms with van der Waals surface area (Å²) < 4.78 is 16.9. The van der Waals surface area contributed by atoms with Crippen molar-refractivity contribution in [3.8, 4) is 0 Å². The second kappa shape index (κ2) is 4.82. The fraction of sp³-hybridized carbons (Fsp3) is 0.125. The number of aromatic nitrogens is 1. The molecule has 0 saturated heterocycles. The highest BCUT2D eigenvalue weighted by Crippen LogP contribution is 2.23. The predicted octanol–water partition coefficient (Wildman–Crippen LogP) is 4.90. The molecule has 0 spiro atoms. The van der Waals surface area contributed by atoms with E-state index in [1.165, 1.54) is 11.5 Å². The topological polar surface area (TPSA) is 4.93 Å². The van der Waals surface area contributed by atoms with E-state index in [-0.39, 0.29) is 5.82 Å². The van der Waals surface area contributed by atoms with Crippen molar-refractivity contribution < 1.29 is 4.39 Å². The van der Waals surface area contributed by atoms with Crippen LogP contribution in [0.1, 0.15) is 11.3 Å². The van der Waals surface area contributed by atoms with E-state index in [4.69, 9.17) is 0 Å². The van der Waals surface area contributed by atoms with Crippen LogP contribution >= 0.6 is 15.9 Å². The minimum absolute atomic E-state index is 0.166. The van der Waals surface area contributed by atoms with Crippen LogP contribution in [0.2, 0.25) is 0 Å². The van der Waals surface area contributed by atoms with E-state index >= 15 is 0 Å². The zero-order chi connectivity index (χ0) is 13.4. The van der Waals surface area contributed by atoms with Crippen molar-refractivity contribution >= 4 is 26.8 Å². The van der Waals surface area contributed by atoms with Gasteiger partial charge in [-0.2, -0.15) is 0 Å². The summed E-state index contributed by atoms with van der Waals surface area (Å²) in [6, 6.07) is 15.4. The van der Waals surface area contributed by atoms with Crippen molar-refractivity contribution in [1.29, 1.82) is 0 Å². The highest BCUT2D eigenvalue weighted by Gasteiger charge is 2.08. The lowest BCUT2D eigenvalue weighted by Gasteiger charge is -2.10. The third-order valence-electron chi connectivity index (χ3n) is 3.35. The molecule has 3 heteroatoms. The number of hydrogen-bond donors (Lipinski definition) is 0. The van der Waals surface area contributed by atoms with E-state index in [9.17, 15) is 4.39 Å². The van der Waals surface area contributed by atoms with Crippen molar-refractivity contribution in [2.75, 3.05) is 0 Å². The summed E-state index contributed by atoms with van der Waals surface area (Å²) in [5, 5.41) is 1.19. The number of para-hydroxylation sites is 1. The molecule has 0 unspecified atom stereocenters. The number of halogens is 2. The second-order valence-electron chi connectivity index (χ2n) is 4.67. The summed E-state index contributed by atoms with van der Waals surface area (Å²) in [7, 11) is 0. The van der Waals surface area contributed by atoms with Gasteiger partial charge in [0.15, 0.2) is 0 Å². The average molecular weight is 318 g/mol. The van der Waals surface area contributed by atoms with Crippen molar-refractivity contribution in [2.24, 2.45) is 0 Å². The molecule has 1 heterocycles. The molecule has 0 saturated carbocycles. The Morgan fingerprint density at radius 3 is 2.74 bits per heavy atom. The van der Waals surface area contributed by atoms with Gasteiger partial charge in [0.2, 0.25) is 0 Å². The van der Waals surface area contributed by atoms with Crippen molar-refractivity contribution in [1.82, 2.24) is 4.57 Å². The fourth-order valence-corrected chi connectivity index (χ4v) is 2.80. The van der Waals surface area contributed by atoms with E-state index in [1.54, 1.807) is 6.07 Å². The molecule has 1 aromatic heterocycles. The Morgan fingerprint density at radius 2 is 1.89 bits per heavy atom. The van der Waals surface area contributed by atoms with Crippen LogP contribution in [0.5, 0.6) is 0 Å². The normalized spacial score (nSPS) is 11.1. The Balaban J connectivity index is 2.10. The quantitative estimate of drug-likeness (QED) is 0.633. The third-order valence-corrected chi connectivity index (χ3v) is 3.85. The molecule has 0 aliphatic carbocycles. The summed E-state index contributed by atoms with van der Waals surface area (Å²) in [6.07, 6.45) is 0. The molecule has 19 heavy (non-hydrogen) atoms. The maximum Gasteiger partial charge on any atom is 0.128 e. The van der Waals surface area contributed by atoms with Gasteiger partial charge in [0.05, 0.1) is 6.54 Å². The third kappa shape index (κ3) is 2.30. The fourth-order valence-electron chi connectivity index (χ4n) is 2.39. The number of nitrogens with zero attached hydrogens (tertiary/aromatic N) is 1. The van der Waals surface area contributed by atoms with Crippen LogP contribution in [0.15, 0.2) is 53.0 Å². The Bertz CT molecular complexity index is 746. The van der Waals surface area contributed by atoms with Gasteiger partial charge in [0.1, 0.15) is 5.82 Å². The van der Waals surface area contributed by atoms with Gasteiger partial charge in [0.25, 0.3) is 0 Å². The molecule has 0 amide bonds. The van der Waals surface area contributed by atoms with Crippen LogP contribution in [-0.2, 0) is 6.54 Å². The maximum absolute atomic E-state index is 13.9. The maximum atomic E-state index is 13.9. The first-order valence-corrected chi connectivity index (χ1v) is 6.93. The SMILES string of the molecule is Cc1cc2ccccc2n1Cc1cc(Br)ccc1F. The summed E-state index contributed by atoms with van der Waals surface area (Å²) in [5.41, 5.74) is 2.97. The van der Waals surface area contributed by atoms with Crippen LogP contribution < -0.4 is 0 Å². The molecule has 0 fully saturated rings. The van der Waals surface area contributed by atoms with Crippen LogP contribution in [0.3, 0.4) is 0 Å². The highest BCUT2D eigenvalue weighted by molar-refractivity contribution is 9.10. The molecule has 96 valence electrons. The zero-order valence-electron chi connectivity index (χ0n) is 10.5. The standard InChI is InChI=1S/C16H13BrFN/c1-11-8-12-4-2-3-5-16(12)19(11)10-13-9-14(17)6-7-15(13)18/h2-9H,10H2,1H3. The van der Waals surface area contributed by atoms with Crippen molar-refractivity contribution in [2.45, 2.75) is 13.5 Å². The molecule has 3 rings (SSSR count). The van der Waals surface area contributed by atoms with Crippen LogP contribution in [0.4, 0.5) is 4.39 Å². The van der Waals surface area contributed by atoms with Gasteiger partial charge in [0, 0.05) is 21.2 Å². The average Bonchev–Trinajstić information content (AvgIpc) is 2.71. The minimum Gasteiger partial charge on any atom is -0.340 e. The van der Waals surface area contributed by atoms with Gasteiger partial charge in [-0.1, -0.05) is 34.1 Å². The summed E-state index contributed by atoms with van der Waals surface area (Å²) in [5.74, 6) is -0.166. The van der Waals surface area contributed by atoms with E-state index < -0.39 is 0 Å². The number of aryl methyl sites for hydroxylation is 1. The molecule has 0 bridgehead atoms. The number of benzene rings is 2. The van der Waals surface area contributed by atoms with Gasteiger partial charge in [-0.15, -0.1) is 0 Å². The largest absolute Gasteiger partial charge is 0.340 e. The first-order chi connectivity index (χ1) is 9.15. The van der Waals surface area contributed by atoms with Crippen molar-refractivity contribution in [3.05, 3.63) is 70.1 Å². The molecule has 0 radical (unpaired) electrons. The Morgan fingerprint density at radius 1 is 1.11 bits per heavy atom. The molecular formula is C16H13BrFN. The molecule has 0 atom stereocenters. The first-order valence-electron chi connectivity index (χ1n) is 6.14. The van der Waals surface area contributed by atoms with E-state index in [1.807, 2.05) is 18.2 Å². The van der Waals surface area contributed by atoms with Crippen LogP contribution in [0.25, 0.3) is 10.9 Å². The van der Waals surface area contributed by atoms with Gasteiger partial charge >= 0.3 is 0 Å².